The molecule has 120 valence electrons. The van der Waals surface area contributed by atoms with E-state index in [9.17, 15) is 13.2 Å². The van der Waals surface area contributed by atoms with Gasteiger partial charge in [-0.3, -0.25) is 0 Å². The minimum atomic E-state index is -4.67. The van der Waals surface area contributed by atoms with E-state index < -0.39 is 6.36 Å². The second-order valence-electron chi connectivity index (χ2n) is 4.76. The highest BCUT2D eigenvalue weighted by Gasteiger charge is 2.31. The number of methoxy groups -OCH3 is 1. The molecule has 0 fully saturated rings. The van der Waals surface area contributed by atoms with Gasteiger partial charge in [-0.1, -0.05) is 19.1 Å². The minimum Gasteiger partial charge on any atom is -0.406 e. The van der Waals surface area contributed by atoms with E-state index in [-0.39, 0.29) is 11.8 Å². The van der Waals surface area contributed by atoms with Gasteiger partial charge >= 0.3 is 6.36 Å². The maximum Gasteiger partial charge on any atom is 0.573 e. The summed E-state index contributed by atoms with van der Waals surface area (Å²) in [6.45, 7) is 3.48. The number of halogens is 3. The fourth-order valence-electron chi connectivity index (χ4n) is 2.07. The molecule has 0 amide bonds. The summed E-state index contributed by atoms with van der Waals surface area (Å²) in [5, 5.41) is 3.34. The van der Waals surface area contributed by atoms with Gasteiger partial charge < -0.3 is 14.8 Å². The molecule has 3 nitrogen and oxygen atoms in total. The summed E-state index contributed by atoms with van der Waals surface area (Å²) in [6, 6.07) is 6.13. The molecule has 0 saturated carbocycles. The number of alkyl halides is 3. The molecule has 6 heteroatoms. The third-order valence-electron chi connectivity index (χ3n) is 2.98. The van der Waals surface area contributed by atoms with Crippen LogP contribution in [0.25, 0.3) is 0 Å². The fraction of sp³-hybridized carbons (Fsp3) is 0.600. The van der Waals surface area contributed by atoms with Crippen LogP contribution in [0.3, 0.4) is 0 Å². The van der Waals surface area contributed by atoms with Crippen LogP contribution in [0, 0.1) is 0 Å². The summed E-state index contributed by atoms with van der Waals surface area (Å²) in [7, 11) is 1.63. The van der Waals surface area contributed by atoms with E-state index in [2.05, 4.69) is 10.1 Å². The van der Waals surface area contributed by atoms with Crippen molar-refractivity contribution in [1.29, 1.82) is 0 Å². The van der Waals surface area contributed by atoms with Gasteiger partial charge in [0, 0.05) is 19.8 Å². The largest absolute Gasteiger partial charge is 0.573 e. The molecule has 0 bridgehead atoms. The average molecular weight is 305 g/mol. The monoisotopic (exact) mass is 305 g/mol. The summed E-state index contributed by atoms with van der Waals surface area (Å²) in [4.78, 5) is 0. The smallest absolute Gasteiger partial charge is 0.406 e. The molecule has 1 aromatic carbocycles. The first-order chi connectivity index (χ1) is 9.96. The van der Waals surface area contributed by atoms with Crippen molar-refractivity contribution in [2.24, 2.45) is 0 Å². The number of hydrogen-bond acceptors (Lipinski definition) is 3. The maximum atomic E-state index is 12.3. The lowest BCUT2D eigenvalue weighted by Gasteiger charge is -2.20. The van der Waals surface area contributed by atoms with Crippen molar-refractivity contribution < 1.29 is 22.6 Å². The first-order valence-corrected chi connectivity index (χ1v) is 7.04. The Kier molecular flexibility index (Phi) is 7.53. The van der Waals surface area contributed by atoms with Crippen LogP contribution in [0.2, 0.25) is 0 Å². The van der Waals surface area contributed by atoms with Gasteiger partial charge in [-0.2, -0.15) is 0 Å². The summed E-state index contributed by atoms with van der Waals surface area (Å²) >= 11 is 0. The number of nitrogens with one attached hydrogen (secondary N) is 1. The van der Waals surface area contributed by atoms with Crippen LogP contribution in [0.4, 0.5) is 13.2 Å². The highest BCUT2D eigenvalue weighted by molar-refractivity contribution is 5.30. The third-order valence-corrected chi connectivity index (χ3v) is 2.98. The zero-order chi connectivity index (χ0) is 15.7. The van der Waals surface area contributed by atoms with E-state index in [4.69, 9.17) is 4.74 Å². The van der Waals surface area contributed by atoms with Crippen LogP contribution in [0.15, 0.2) is 24.3 Å². The Labute approximate surface area is 123 Å². The van der Waals surface area contributed by atoms with Crippen LogP contribution in [0.1, 0.15) is 37.8 Å². The van der Waals surface area contributed by atoms with Crippen molar-refractivity contribution >= 4 is 0 Å². The molecule has 0 aliphatic rings. The molecule has 0 saturated heterocycles. The Morgan fingerprint density at radius 1 is 1.29 bits per heavy atom. The Hall–Kier alpha value is -1.27. The van der Waals surface area contributed by atoms with Crippen LogP contribution in [-0.2, 0) is 4.74 Å². The van der Waals surface area contributed by atoms with Crippen LogP contribution in [-0.4, -0.2) is 26.6 Å². The van der Waals surface area contributed by atoms with Crippen LogP contribution in [0.5, 0.6) is 5.75 Å². The second kappa shape index (κ2) is 8.89. The highest BCUT2D eigenvalue weighted by atomic mass is 19.4. The minimum absolute atomic E-state index is 0.00289. The lowest BCUT2D eigenvalue weighted by Crippen LogP contribution is -2.23. The fourth-order valence-corrected chi connectivity index (χ4v) is 2.07. The van der Waals surface area contributed by atoms with Crippen molar-refractivity contribution in [2.75, 3.05) is 20.3 Å². The van der Waals surface area contributed by atoms with Crippen molar-refractivity contribution in [3.05, 3.63) is 29.8 Å². The van der Waals surface area contributed by atoms with Crippen LogP contribution < -0.4 is 10.1 Å². The van der Waals surface area contributed by atoms with Gasteiger partial charge in [-0.05, 0) is 43.5 Å². The first kappa shape index (κ1) is 17.8. The van der Waals surface area contributed by atoms with Gasteiger partial charge in [-0.15, -0.1) is 13.2 Å². The van der Waals surface area contributed by atoms with Gasteiger partial charge in [-0.25, -0.2) is 0 Å². The van der Waals surface area contributed by atoms with Gasteiger partial charge in [0.15, 0.2) is 0 Å². The van der Waals surface area contributed by atoms with Crippen molar-refractivity contribution in [1.82, 2.24) is 5.32 Å². The standard InChI is InChI=1S/C15H22F3NO2/c1-3-9-19-14(8-5-10-20-2)12-6-4-7-13(11-12)21-15(16,17)18/h4,6-7,11,14,19H,3,5,8-10H2,1-2H3. The highest BCUT2D eigenvalue weighted by Crippen LogP contribution is 2.27. The van der Waals surface area contributed by atoms with Crippen molar-refractivity contribution in [3.63, 3.8) is 0 Å². The van der Waals surface area contributed by atoms with Crippen LogP contribution >= 0.6 is 0 Å². The topological polar surface area (TPSA) is 30.5 Å². The SMILES string of the molecule is CCCNC(CCCOC)c1cccc(OC(F)(F)F)c1. The van der Waals surface area contributed by atoms with Gasteiger partial charge in [0.05, 0.1) is 0 Å². The predicted molar refractivity (Wildman–Crippen MR) is 75.3 cm³/mol. The van der Waals surface area contributed by atoms with E-state index in [0.717, 1.165) is 31.4 Å². The van der Waals surface area contributed by atoms with Gasteiger partial charge in [0.2, 0.25) is 0 Å². The van der Waals surface area contributed by atoms with E-state index in [1.807, 2.05) is 13.0 Å². The molecule has 1 aromatic rings. The van der Waals surface area contributed by atoms with Crippen molar-refractivity contribution in [3.8, 4) is 5.75 Å². The Bertz CT molecular complexity index is 410. The average Bonchev–Trinajstić information content (AvgIpc) is 2.41. The molecule has 21 heavy (non-hydrogen) atoms. The third kappa shape index (κ3) is 7.34. The van der Waals surface area contributed by atoms with Crippen molar-refractivity contribution in [2.45, 2.75) is 38.6 Å². The normalized spacial score (nSPS) is 13.2. The molecule has 0 heterocycles. The van der Waals surface area contributed by atoms with Gasteiger partial charge in [0.25, 0.3) is 0 Å². The Morgan fingerprint density at radius 2 is 2.05 bits per heavy atom. The van der Waals surface area contributed by atoms with Gasteiger partial charge in [0.1, 0.15) is 5.75 Å². The van der Waals surface area contributed by atoms with E-state index in [1.165, 1.54) is 12.1 Å². The molecule has 0 aromatic heterocycles. The Morgan fingerprint density at radius 3 is 2.67 bits per heavy atom. The predicted octanol–water partition coefficient (Wildman–Crippen LogP) is 4.05. The molecule has 1 unspecified atom stereocenters. The second-order valence-corrected chi connectivity index (χ2v) is 4.76. The molecule has 1 rings (SSSR count). The zero-order valence-corrected chi connectivity index (χ0v) is 12.4. The molecule has 1 N–H and O–H groups in total. The quantitative estimate of drug-likeness (QED) is 0.698. The molecule has 0 radical (unpaired) electrons. The number of hydrogen-bond donors (Lipinski definition) is 1. The van der Waals surface area contributed by atoms with E-state index in [0.29, 0.717) is 6.61 Å². The zero-order valence-electron chi connectivity index (χ0n) is 12.4. The summed E-state index contributed by atoms with van der Waals surface area (Å²) in [5.74, 6) is -0.185. The number of rotatable bonds is 9. The Balaban J connectivity index is 2.77. The van der Waals surface area contributed by atoms with E-state index >= 15 is 0 Å². The van der Waals surface area contributed by atoms with E-state index in [1.54, 1.807) is 13.2 Å². The molecular weight excluding hydrogens is 283 g/mol. The molecule has 1 atom stereocenters. The molecule has 0 spiro atoms. The summed E-state index contributed by atoms with van der Waals surface area (Å²) in [6.07, 6.45) is -2.08. The first-order valence-electron chi connectivity index (χ1n) is 7.04. The molecule has 0 aliphatic heterocycles. The maximum absolute atomic E-state index is 12.3. The summed E-state index contributed by atoms with van der Waals surface area (Å²) < 4.78 is 45.8. The molecular formula is C15H22F3NO2. The summed E-state index contributed by atoms with van der Waals surface area (Å²) in [5.41, 5.74) is 0.793. The lowest BCUT2D eigenvalue weighted by atomic mass is 10.0. The number of ether oxygens (including phenoxy) is 2. The number of benzene rings is 1. The lowest BCUT2D eigenvalue weighted by molar-refractivity contribution is -0.274. The molecule has 0 aliphatic carbocycles.